The first-order valence-corrected chi connectivity index (χ1v) is 9.59. The topological polar surface area (TPSA) is 74.3 Å². The fourth-order valence-electron chi connectivity index (χ4n) is 2.90. The van der Waals surface area contributed by atoms with Gasteiger partial charge in [-0.15, -0.1) is 0 Å². The third-order valence-electron chi connectivity index (χ3n) is 4.53. The fraction of sp³-hybridized carbons (Fsp3) is 0.174. The van der Waals surface area contributed by atoms with E-state index in [0.29, 0.717) is 22.5 Å². The molecule has 0 fully saturated rings. The zero-order valence-corrected chi connectivity index (χ0v) is 16.6. The maximum absolute atomic E-state index is 12.5. The highest BCUT2D eigenvalue weighted by molar-refractivity contribution is 6.06. The van der Waals surface area contributed by atoms with Gasteiger partial charge in [0.1, 0.15) is 5.82 Å². The van der Waals surface area contributed by atoms with Crippen molar-refractivity contribution in [2.75, 3.05) is 28.6 Å². The zero-order chi connectivity index (χ0) is 20.6. The molecule has 3 rings (SSSR count). The Morgan fingerprint density at radius 1 is 0.759 bits per heavy atom. The SMILES string of the molecule is CCN(CC)c1ccc(NC(=O)c2ccc(NC(=O)c3ccccc3)cc2)cn1. The molecule has 0 radical (unpaired) electrons. The van der Waals surface area contributed by atoms with E-state index < -0.39 is 0 Å². The molecule has 1 aromatic heterocycles. The van der Waals surface area contributed by atoms with Crippen LogP contribution in [0.4, 0.5) is 17.2 Å². The number of nitrogens with zero attached hydrogens (tertiary/aromatic N) is 2. The zero-order valence-electron chi connectivity index (χ0n) is 16.6. The van der Waals surface area contributed by atoms with Gasteiger partial charge >= 0.3 is 0 Å². The number of rotatable bonds is 7. The van der Waals surface area contributed by atoms with Crippen LogP contribution in [0.25, 0.3) is 0 Å². The second-order valence-electron chi connectivity index (χ2n) is 6.43. The second-order valence-corrected chi connectivity index (χ2v) is 6.43. The number of aromatic nitrogens is 1. The number of amides is 2. The lowest BCUT2D eigenvalue weighted by Crippen LogP contribution is -2.22. The van der Waals surface area contributed by atoms with E-state index >= 15 is 0 Å². The standard InChI is InChI=1S/C23H24N4O2/c1-3-27(4-2)21-15-14-20(16-24-21)26-23(29)18-10-12-19(13-11-18)25-22(28)17-8-6-5-7-9-17/h5-16H,3-4H2,1-2H3,(H,25,28)(H,26,29). The van der Waals surface area contributed by atoms with Crippen molar-refractivity contribution in [2.45, 2.75) is 13.8 Å². The molecule has 3 aromatic rings. The average Bonchev–Trinajstić information content (AvgIpc) is 2.77. The summed E-state index contributed by atoms with van der Waals surface area (Å²) in [6.07, 6.45) is 1.65. The predicted molar refractivity (Wildman–Crippen MR) is 117 cm³/mol. The Balaban J connectivity index is 1.61. The number of pyridine rings is 1. The van der Waals surface area contributed by atoms with Crippen LogP contribution in [0.3, 0.4) is 0 Å². The van der Waals surface area contributed by atoms with Crippen molar-refractivity contribution in [3.63, 3.8) is 0 Å². The van der Waals surface area contributed by atoms with Gasteiger partial charge in [0.15, 0.2) is 0 Å². The monoisotopic (exact) mass is 388 g/mol. The lowest BCUT2D eigenvalue weighted by molar-refractivity contribution is 0.102. The Labute approximate surface area is 170 Å². The molecular formula is C23H24N4O2. The molecule has 2 aromatic carbocycles. The summed E-state index contributed by atoms with van der Waals surface area (Å²) in [5.41, 5.74) is 2.33. The Kier molecular flexibility index (Phi) is 6.58. The minimum absolute atomic E-state index is 0.192. The minimum atomic E-state index is -0.233. The van der Waals surface area contributed by atoms with Crippen LogP contribution < -0.4 is 15.5 Å². The molecule has 0 saturated heterocycles. The summed E-state index contributed by atoms with van der Waals surface area (Å²) in [4.78, 5) is 31.2. The van der Waals surface area contributed by atoms with Crippen LogP contribution in [0.2, 0.25) is 0 Å². The van der Waals surface area contributed by atoms with Gasteiger partial charge in [-0.25, -0.2) is 4.98 Å². The number of hydrogen-bond donors (Lipinski definition) is 2. The molecule has 1 heterocycles. The number of carbonyl (C=O) groups is 2. The lowest BCUT2D eigenvalue weighted by Gasteiger charge is -2.19. The molecule has 0 saturated carbocycles. The van der Waals surface area contributed by atoms with Crippen molar-refractivity contribution < 1.29 is 9.59 Å². The van der Waals surface area contributed by atoms with E-state index in [4.69, 9.17) is 0 Å². The molecule has 0 aliphatic rings. The van der Waals surface area contributed by atoms with Gasteiger partial charge in [-0.2, -0.15) is 0 Å². The van der Waals surface area contributed by atoms with E-state index in [2.05, 4.69) is 34.4 Å². The van der Waals surface area contributed by atoms with Gasteiger partial charge in [-0.1, -0.05) is 18.2 Å². The fourth-order valence-corrected chi connectivity index (χ4v) is 2.90. The summed E-state index contributed by atoms with van der Waals surface area (Å²) in [6, 6.07) is 19.5. The van der Waals surface area contributed by atoms with E-state index in [1.165, 1.54) is 0 Å². The molecule has 2 amide bonds. The molecule has 0 bridgehead atoms. The first-order chi connectivity index (χ1) is 14.1. The molecule has 0 aliphatic heterocycles. The molecule has 0 unspecified atom stereocenters. The number of nitrogens with one attached hydrogen (secondary N) is 2. The van der Waals surface area contributed by atoms with Crippen LogP contribution in [0.15, 0.2) is 72.9 Å². The normalized spacial score (nSPS) is 10.3. The molecule has 0 atom stereocenters. The third-order valence-corrected chi connectivity index (χ3v) is 4.53. The Hall–Kier alpha value is -3.67. The van der Waals surface area contributed by atoms with Gasteiger partial charge in [0.25, 0.3) is 11.8 Å². The quantitative estimate of drug-likeness (QED) is 0.628. The van der Waals surface area contributed by atoms with Crippen LogP contribution in [-0.2, 0) is 0 Å². The van der Waals surface area contributed by atoms with Crippen molar-refractivity contribution in [2.24, 2.45) is 0 Å². The van der Waals surface area contributed by atoms with Crippen LogP contribution in [-0.4, -0.2) is 29.9 Å². The van der Waals surface area contributed by atoms with Gasteiger partial charge in [0.05, 0.1) is 11.9 Å². The molecule has 2 N–H and O–H groups in total. The largest absolute Gasteiger partial charge is 0.357 e. The molecular weight excluding hydrogens is 364 g/mol. The van der Waals surface area contributed by atoms with Crippen LogP contribution in [0, 0.1) is 0 Å². The summed E-state index contributed by atoms with van der Waals surface area (Å²) in [6.45, 7) is 5.91. The van der Waals surface area contributed by atoms with E-state index in [0.717, 1.165) is 18.9 Å². The third kappa shape index (κ3) is 5.19. The molecule has 6 heteroatoms. The molecule has 29 heavy (non-hydrogen) atoms. The summed E-state index contributed by atoms with van der Waals surface area (Å²) < 4.78 is 0. The maximum Gasteiger partial charge on any atom is 0.255 e. The second kappa shape index (κ2) is 9.50. The summed E-state index contributed by atoms with van der Waals surface area (Å²) >= 11 is 0. The highest BCUT2D eigenvalue weighted by Crippen LogP contribution is 2.16. The van der Waals surface area contributed by atoms with Crippen molar-refractivity contribution >= 4 is 29.0 Å². The smallest absolute Gasteiger partial charge is 0.255 e. The van der Waals surface area contributed by atoms with Crippen molar-refractivity contribution in [3.8, 4) is 0 Å². The Morgan fingerprint density at radius 2 is 1.31 bits per heavy atom. The molecule has 148 valence electrons. The van der Waals surface area contributed by atoms with Crippen LogP contribution >= 0.6 is 0 Å². The van der Waals surface area contributed by atoms with Gasteiger partial charge in [-0.05, 0) is 62.4 Å². The van der Waals surface area contributed by atoms with E-state index in [1.54, 1.807) is 42.6 Å². The van der Waals surface area contributed by atoms with E-state index in [-0.39, 0.29) is 11.8 Å². The summed E-state index contributed by atoms with van der Waals surface area (Å²) in [7, 11) is 0. The van der Waals surface area contributed by atoms with Crippen LogP contribution in [0.1, 0.15) is 34.6 Å². The number of hydrogen-bond acceptors (Lipinski definition) is 4. The van der Waals surface area contributed by atoms with Gasteiger partial charge < -0.3 is 15.5 Å². The molecule has 0 spiro atoms. The highest BCUT2D eigenvalue weighted by atomic mass is 16.2. The average molecular weight is 388 g/mol. The van der Waals surface area contributed by atoms with Gasteiger partial charge in [0, 0.05) is 29.9 Å². The Bertz CT molecular complexity index is 950. The van der Waals surface area contributed by atoms with Gasteiger partial charge in [0.2, 0.25) is 0 Å². The lowest BCUT2D eigenvalue weighted by atomic mass is 10.1. The number of anilines is 3. The van der Waals surface area contributed by atoms with E-state index in [1.807, 2.05) is 30.3 Å². The predicted octanol–water partition coefficient (Wildman–Crippen LogP) is 4.43. The highest BCUT2D eigenvalue weighted by Gasteiger charge is 2.09. The van der Waals surface area contributed by atoms with Crippen molar-refractivity contribution in [3.05, 3.63) is 84.1 Å². The first kappa shape index (κ1) is 20.1. The number of carbonyl (C=O) groups excluding carboxylic acids is 2. The first-order valence-electron chi connectivity index (χ1n) is 9.59. The van der Waals surface area contributed by atoms with Crippen molar-refractivity contribution in [1.82, 2.24) is 4.98 Å². The molecule has 0 aliphatic carbocycles. The Morgan fingerprint density at radius 3 is 1.86 bits per heavy atom. The summed E-state index contributed by atoms with van der Waals surface area (Å²) in [5, 5.41) is 5.66. The van der Waals surface area contributed by atoms with Crippen molar-refractivity contribution in [1.29, 1.82) is 0 Å². The number of benzene rings is 2. The summed E-state index contributed by atoms with van der Waals surface area (Å²) in [5.74, 6) is 0.456. The van der Waals surface area contributed by atoms with Gasteiger partial charge in [-0.3, -0.25) is 9.59 Å². The van der Waals surface area contributed by atoms with Crippen LogP contribution in [0.5, 0.6) is 0 Å². The maximum atomic E-state index is 12.5. The van der Waals surface area contributed by atoms with E-state index in [9.17, 15) is 9.59 Å². The molecule has 6 nitrogen and oxygen atoms in total. The minimum Gasteiger partial charge on any atom is -0.357 e.